The lowest BCUT2D eigenvalue weighted by molar-refractivity contribution is 0.165. The predicted molar refractivity (Wildman–Crippen MR) is 91.2 cm³/mol. The molecule has 0 spiro atoms. The molecule has 0 saturated carbocycles. The number of likely N-dealkylation sites (N-methyl/N-ethyl adjacent to an activating group) is 1. The van der Waals surface area contributed by atoms with Gasteiger partial charge in [0.25, 0.3) is 10.2 Å². The Hall–Kier alpha value is -1.06. The molecule has 0 atom stereocenters. The molecule has 0 N–H and O–H groups in total. The van der Waals surface area contributed by atoms with Crippen LogP contribution < -0.4 is 0 Å². The molecular formula is C16H25FN4O2S. The van der Waals surface area contributed by atoms with E-state index in [1.54, 1.807) is 20.7 Å². The second-order valence-corrected chi connectivity index (χ2v) is 8.44. The second kappa shape index (κ2) is 7.45. The Balaban J connectivity index is 1.53. The van der Waals surface area contributed by atoms with Crippen molar-refractivity contribution < 1.29 is 12.8 Å². The van der Waals surface area contributed by atoms with Gasteiger partial charge in [-0.3, -0.25) is 4.90 Å². The first-order chi connectivity index (χ1) is 11.4. The third-order valence-corrected chi connectivity index (χ3v) is 6.80. The van der Waals surface area contributed by atoms with Gasteiger partial charge in [-0.05, 0) is 24.7 Å². The highest BCUT2D eigenvalue weighted by Crippen LogP contribution is 2.16. The lowest BCUT2D eigenvalue weighted by Crippen LogP contribution is -2.56. The number of benzene rings is 1. The maximum Gasteiger partial charge on any atom is 0.282 e. The zero-order chi connectivity index (χ0) is 17.2. The summed E-state index contributed by atoms with van der Waals surface area (Å²) in [4.78, 5) is 4.36. The third kappa shape index (κ3) is 4.12. The Morgan fingerprint density at radius 2 is 1.38 bits per heavy atom. The Morgan fingerprint density at radius 1 is 0.875 bits per heavy atom. The lowest BCUT2D eigenvalue weighted by Gasteiger charge is -2.39. The first kappa shape index (κ1) is 17.8. The molecule has 0 bridgehead atoms. The van der Waals surface area contributed by atoms with Crippen molar-refractivity contribution in [3.63, 3.8) is 0 Å². The maximum atomic E-state index is 13.0. The van der Waals surface area contributed by atoms with Gasteiger partial charge in [-0.15, -0.1) is 0 Å². The van der Waals surface area contributed by atoms with E-state index in [9.17, 15) is 12.8 Å². The zero-order valence-corrected chi connectivity index (χ0v) is 14.9. The maximum absolute atomic E-state index is 13.0. The minimum atomic E-state index is -3.35. The topological polar surface area (TPSA) is 47.1 Å². The van der Waals surface area contributed by atoms with Crippen molar-refractivity contribution in [2.45, 2.75) is 6.54 Å². The highest BCUT2D eigenvalue weighted by Gasteiger charge is 2.33. The molecule has 2 saturated heterocycles. The molecule has 0 unspecified atom stereocenters. The van der Waals surface area contributed by atoms with Crippen molar-refractivity contribution in [1.29, 1.82) is 0 Å². The number of piperazine rings is 2. The molecular weight excluding hydrogens is 331 g/mol. The van der Waals surface area contributed by atoms with E-state index in [1.807, 2.05) is 7.05 Å². The van der Waals surface area contributed by atoms with Crippen LogP contribution in [-0.4, -0.2) is 86.2 Å². The van der Waals surface area contributed by atoms with E-state index in [-0.39, 0.29) is 5.82 Å². The summed E-state index contributed by atoms with van der Waals surface area (Å²) in [6.45, 7) is 5.83. The van der Waals surface area contributed by atoms with Crippen LogP contribution in [0, 0.1) is 5.82 Å². The molecule has 6 nitrogen and oxygen atoms in total. The SMILES string of the molecule is CN1CCN(S(=O)(=O)N2CCN(Cc3ccc(F)cc3)CC2)CC1. The predicted octanol–water partition coefficient (Wildman–Crippen LogP) is 0.436. The molecule has 1 aromatic rings. The standard InChI is InChI=1S/C16H25FN4O2S/c1-18-6-10-20(11-7-18)24(22,23)21-12-8-19(9-13-21)14-15-2-4-16(17)5-3-15/h2-5H,6-14H2,1H3. The van der Waals surface area contributed by atoms with Crippen LogP contribution in [0.2, 0.25) is 0 Å². The third-order valence-electron chi connectivity index (χ3n) is 4.77. The summed E-state index contributed by atoms with van der Waals surface area (Å²) in [6, 6.07) is 6.48. The minimum Gasteiger partial charge on any atom is -0.304 e. The Labute approximate surface area is 143 Å². The second-order valence-electron chi connectivity index (χ2n) is 6.51. The summed E-state index contributed by atoms with van der Waals surface area (Å²) in [5, 5.41) is 0. The van der Waals surface area contributed by atoms with Crippen molar-refractivity contribution in [3.05, 3.63) is 35.6 Å². The molecule has 0 radical (unpaired) electrons. The van der Waals surface area contributed by atoms with Gasteiger partial charge < -0.3 is 4.90 Å². The molecule has 2 aliphatic rings. The fraction of sp³-hybridized carbons (Fsp3) is 0.625. The van der Waals surface area contributed by atoms with E-state index in [4.69, 9.17) is 0 Å². The van der Waals surface area contributed by atoms with Gasteiger partial charge in [-0.1, -0.05) is 12.1 Å². The van der Waals surface area contributed by atoms with E-state index in [0.717, 1.165) is 25.2 Å². The van der Waals surface area contributed by atoms with Crippen LogP contribution in [0.4, 0.5) is 4.39 Å². The van der Waals surface area contributed by atoms with Crippen LogP contribution in [-0.2, 0) is 16.8 Å². The number of nitrogens with zero attached hydrogens (tertiary/aromatic N) is 4. The number of rotatable bonds is 4. The van der Waals surface area contributed by atoms with Crippen molar-refractivity contribution in [3.8, 4) is 0 Å². The molecule has 2 fully saturated rings. The quantitative estimate of drug-likeness (QED) is 0.785. The molecule has 1 aromatic carbocycles. The molecule has 2 heterocycles. The summed E-state index contributed by atoms with van der Waals surface area (Å²) in [5.41, 5.74) is 1.05. The van der Waals surface area contributed by atoms with Gasteiger partial charge in [-0.2, -0.15) is 17.0 Å². The van der Waals surface area contributed by atoms with Crippen molar-refractivity contribution in [2.75, 3.05) is 59.4 Å². The fourth-order valence-electron chi connectivity index (χ4n) is 3.15. The molecule has 3 rings (SSSR count). The number of hydrogen-bond acceptors (Lipinski definition) is 4. The average molecular weight is 356 g/mol. The van der Waals surface area contributed by atoms with Crippen LogP contribution in [0.25, 0.3) is 0 Å². The normalized spacial score (nSPS) is 22.8. The van der Waals surface area contributed by atoms with Gasteiger partial charge in [-0.25, -0.2) is 4.39 Å². The van der Waals surface area contributed by atoms with E-state index < -0.39 is 10.2 Å². The molecule has 8 heteroatoms. The summed E-state index contributed by atoms with van der Waals surface area (Å²) >= 11 is 0. The monoisotopic (exact) mass is 356 g/mol. The van der Waals surface area contributed by atoms with Gasteiger partial charge in [0, 0.05) is 58.9 Å². The van der Waals surface area contributed by atoms with Crippen LogP contribution >= 0.6 is 0 Å². The van der Waals surface area contributed by atoms with Gasteiger partial charge in [0.1, 0.15) is 5.82 Å². The highest BCUT2D eigenvalue weighted by atomic mass is 32.2. The minimum absolute atomic E-state index is 0.234. The summed E-state index contributed by atoms with van der Waals surface area (Å²) in [5.74, 6) is -0.234. The van der Waals surface area contributed by atoms with Crippen LogP contribution in [0.15, 0.2) is 24.3 Å². The van der Waals surface area contributed by atoms with Gasteiger partial charge in [0.15, 0.2) is 0 Å². The molecule has 24 heavy (non-hydrogen) atoms. The largest absolute Gasteiger partial charge is 0.304 e. The zero-order valence-electron chi connectivity index (χ0n) is 14.1. The van der Waals surface area contributed by atoms with Gasteiger partial charge in [0.2, 0.25) is 0 Å². The summed E-state index contributed by atoms with van der Waals surface area (Å²) in [7, 11) is -1.33. The van der Waals surface area contributed by atoms with E-state index in [2.05, 4.69) is 9.80 Å². The van der Waals surface area contributed by atoms with Crippen molar-refractivity contribution in [2.24, 2.45) is 0 Å². The number of halogens is 1. The van der Waals surface area contributed by atoms with Crippen LogP contribution in [0.3, 0.4) is 0 Å². The van der Waals surface area contributed by atoms with E-state index >= 15 is 0 Å². The van der Waals surface area contributed by atoms with Crippen molar-refractivity contribution in [1.82, 2.24) is 18.4 Å². The fourth-order valence-corrected chi connectivity index (χ4v) is 4.72. The van der Waals surface area contributed by atoms with E-state index in [1.165, 1.54) is 12.1 Å². The van der Waals surface area contributed by atoms with Gasteiger partial charge in [0.05, 0.1) is 0 Å². The highest BCUT2D eigenvalue weighted by molar-refractivity contribution is 7.86. The summed E-state index contributed by atoms with van der Waals surface area (Å²) < 4.78 is 41.6. The molecule has 0 aliphatic carbocycles. The number of hydrogen-bond donors (Lipinski definition) is 0. The Morgan fingerprint density at radius 3 is 1.92 bits per heavy atom. The first-order valence-electron chi connectivity index (χ1n) is 8.36. The average Bonchev–Trinajstić information content (AvgIpc) is 2.58. The van der Waals surface area contributed by atoms with Gasteiger partial charge >= 0.3 is 0 Å². The first-order valence-corrected chi connectivity index (χ1v) is 9.75. The van der Waals surface area contributed by atoms with E-state index in [0.29, 0.717) is 39.3 Å². The molecule has 0 aromatic heterocycles. The Bertz CT molecular complexity index is 637. The van der Waals surface area contributed by atoms with Crippen LogP contribution in [0.5, 0.6) is 0 Å². The molecule has 0 amide bonds. The molecule has 2 aliphatic heterocycles. The Kier molecular flexibility index (Phi) is 5.51. The van der Waals surface area contributed by atoms with Crippen molar-refractivity contribution >= 4 is 10.2 Å². The summed E-state index contributed by atoms with van der Waals surface area (Å²) in [6.07, 6.45) is 0. The van der Waals surface area contributed by atoms with Crippen LogP contribution in [0.1, 0.15) is 5.56 Å². The smallest absolute Gasteiger partial charge is 0.282 e. The molecule has 134 valence electrons. The lowest BCUT2D eigenvalue weighted by atomic mass is 10.2.